The fourth-order valence-electron chi connectivity index (χ4n) is 3.78. The van der Waals surface area contributed by atoms with Gasteiger partial charge < -0.3 is 10.2 Å². The van der Waals surface area contributed by atoms with Gasteiger partial charge in [0, 0.05) is 37.4 Å². The van der Waals surface area contributed by atoms with E-state index in [0.29, 0.717) is 6.54 Å². The third-order valence-corrected chi connectivity index (χ3v) is 5.93. The number of nitrogens with one attached hydrogen (secondary N) is 1. The van der Waals surface area contributed by atoms with Gasteiger partial charge in [0.15, 0.2) is 0 Å². The maximum absolute atomic E-state index is 12.8. The first-order chi connectivity index (χ1) is 11.3. The van der Waals surface area contributed by atoms with Gasteiger partial charge >= 0.3 is 0 Å². The van der Waals surface area contributed by atoms with Crippen molar-refractivity contribution in [3.05, 3.63) is 40.8 Å². The highest BCUT2D eigenvalue weighted by Crippen LogP contribution is 2.52. The highest BCUT2D eigenvalue weighted by molar-refractivity contribution is 7.07. The van der Waals surface area contributed by atoms with Gasteiger partial charge in [0.25, 0.3) is 0 Å². The number of nitrogens with zero attached hydrogens (tertiary/aromatic N) is 3. The van der Waals surface area contributed by atoms with Crippen molar-refractivity contribution in [2.75, 3.05) is 18.0 Å². The third kappa shape index (κ3) is 2.72. The maximum atomic E-state index is 12.8. The average Bonchev–Trinajstić information content (AvgIpc) is 3.20. The first-order valence-electron chi connectivity index (χ1n) is 8.08. The quantitative estimate of drug-likeness (QED) is 0.937. The first-order valence-corrected chi connectivity index (χ1v) is 9.02. The van der Waals surface area contributed by atoms with Gasteiger partial charge in [-0.3, -0.25) is 4.79 Å². The molecule has 1 aliphatic carbocycles. The zero-order valence-corrected chi connectivity index (χ0v) is 13.8. The molecule has 23 heavy (non-hydrogen) atoms. The summed E-state index contributed by atoms with van der Waals surface area (Å²) in [6, 6.07) is 3.88. The molecular weight excluding hydrogens is 308 g/mol. The molecule has 2 fully saturated rings. The maximum Gasteiger partial charge on any atom is 0.225 e. The summed E-state index contributed by atoms with van der Waals surface area (Å²) in [5.74, 6) is 0.958. The van der Waals surface area contributed by atoms with Crippen molar-refractivity contribution in [3.8, 4) is 0 Å². The summed E-state index contributed by atoms with van der Waals surface area (Å²) < 4.78 is 0. The predicted octanol–water partition coefficient (Wildman–Crippen LogP) is 2.46. The molecule has 1 atom stereocenters. The van der Waals surface area contributed by atoms with Crippen molar-refractivity contribution in [3.63, 3.8) is 0 Å². The van der Waals surface area contributed by atoms with Crippen LogP contribution in [0.15, 0.2) is 35.3 Å². The van der Waals surface area contributed by atoms with Crippen LogP contribution in [0.2, 0.25) is 0 Å². The highest BCUT2D eigenvalue weighted by Gasteiger charge is 2.53. The molecule has 5 nitrogen and oxygen atoms in total. The van der Waals surface area contributed by atoms with E-state index in [4.69, 9.17) is 0 Å². The van der Waals surface area contributed by atoms with Crippen molar-refractivity contribution < 1.29 is 4.79 Å². The topological polar surface area (TPSA) is 58.1 Å². The summed E-state index contributed by atoms with van der Waals surface area (Å²) in [5, 5.41) is 7.24. The Hall–Kier alpha value is -1.95. The van der Waals surface area contributed by atoms with Crippen molar-refractivity contribution in [2.24, 2.45) is 11.3 Å². The summed E-state index contributed by atoms with van der Waals surface area (Å²) in [5.41, 5.74) is 1.30. The number of anilines is 1. The first kappa shape index (κ1) is 14.6. The molecule has 1 aliphatic heterocycles. The average molecular weight is 328 g/mol. The molecule has 1 spiro atoms. The molecule has 3 heterocycles. The Balaban J connectivity index is 1.47. The molecule has 1 amide bonds. The van der Waals surface area contributed by atoms with Crippen LogP contribution >= 0.6 is 11.3 Å². The lowest BCUT2D eigenvalue weighted by Gasteiger charge is -2.41. The molecular formula is C17H20N4OS. The minimum atomic E-state index is 0.0405. The molecule has 120 valence electrons. The second-order valence-electron chi connectivity index (χ2n) is 6.55. The van der Waals surface area contributed by atoms with E-state index in [9.17, 15) is 4.79 Å². The van der Waals surface area contributed by atoms with Crippen LogP contribution in [-0.4, -0.2) is 29.0 Å². The van der Waals surface area contributed by atoms with Crippen LogP contribution in [0.4, 0.5) is 5.95 Å². The van der Waals surface area contributed by atoms with Crippen molar-refractivity contribution in [1.82, 2.24) is 15.3 Å². The number of thiophene rings is 1. The molecule has 1 saturated heterocycles. The summed E-state index contributed by atoms with van der Waals surface area (Å²) >= 11 is 1.66. The van der Waals surface area contributed by atoms with Gasteiger partial charge in [0.05, 0.1) is 5.92 Å². The lowest BCUT2D eigenvalue weighted by atomic mass is 9.62. The molecule has 2 aromatic heterocycles. The van der Waals surface area contributed by atoms with Crippen LogP contribution in [0.25, 0.3) is 0 Å². The molecule has 4 rings (SSSR count). The molecule has 0 radical (unpaired) electrons. The minimum absolute atomic E-state index is 0.0405. The van der Waals surface area contributed by atoms with E-state index in [1.54, 1.807) is 23.7 Å². The molecule has 2 aromatic rings. The van der Waals surface area contributed by atoms with Gasteiger partial charge in [0.1, 0.15) is 0 Å². The number of rotatable bonds is 4. The lowest BCUT2D eigenvalue weighted by Crippen LogP contribution is -2.45. The van der Waals surface area contributed by atoms with E-state index < -0.39 is 0 Å². The standard InChI is InChI=1S/C17H20N4OS/c22-15(20-9-13-3-8-23-11-13)14-10-21(12-17(14)4-1-5-17)16-18-6-2-7-19-16/h2-3,6-8,11,14H,1,4-5,9-10,12H2,(H,20,22). The smallest absolute Gasteiger partial charge is 0.225 e. The van der Waals surface area contributed by atoms with Gasteiger partial charge in [-0.05, 0) is 41.3 Å². The fraction of sp³-hybridized carbons (Fsp3) is 0.471. The van der Waals surface area contributed by atoms with Crippen LogP contribution < -0.4 is 10.2 Å². The Bertz CT molecular complexity index is 669. The molecule has 6 heteroatoms. The Kier molecular flexibility index (Phi) is 3.77. The molecule has 1 saturated carbocycles. The molecule has 1 unspecified atom stereocenters. The summed E-state index contributed by atoms with van der Waals surface area (Å²) in [6.45, 7) is 2.24. The van der Waals surface area contributed by atoms with Gasteiger partial charge in [-0.25, -0.2) is 9.97 Å². The Morgan fingerprint density at radius 3 is 2.87 bits per heavy atom. The van der Waals surface area contributed by atoms with Crippen LogP contribution in [0.1, 0.15) is 24.8 Å². The lowest BCUT2D eigenvalue weighted by molar-refractivity contribution is -0.129. The van der Waals surface area contributed by atoms with Crippen LogP contribution in [0.5, 0.6) is 0 Å². The van der Waals surface area contributed by atoms with Crippen molar-refractivity contribution >= 4 is 23.2 Å². The minimum Gasteiger partial charge on any atom is -0.352 e. The van der Waals surface area contributed by atoms with Crippen LogP contribution in [0.3, 0.4) is 0 Å². The number of carbonyl (C=O) groups excluding carboxylic acids is 1. The predicted molar refractivity (Wildman–Crippen MR) is 90.2 cm³/mol. The van der Waals surface area contributed by atoms with Crippen molar-refractivity contribution in [1.29, 1.82) is 0 Å². The van der Waals surface area contributed by atoms with Gasteiger partial charge in [-0.2, -0.15) is 11.3 Å². The zero-order valence-electron chi connectivity index (χ0n) is 12.9. The second kappa shape index (κ2) is 5.92. The summed E-state index contributed by atoms with van der Waals surface area (Å²) in [6.07, 6.45) is 7.01. The number of carbonyl (C=O) groups is 1. The largest absolute Gasteiger partial charge is 0.352 e. The SMILES string of the molecule is O=C(NCc1ccsc1)C1CN(c2ncccn2)CC12CCC2. The zero-order chi connectivity index (χ0) is 15.7. The van der Waals surface area contributed by atoms with Crippen LogP contribution in [-0.2, 0) is 11.3 Å². The van der Waals surface area contributed by atoms with E-state index in [-0.39, 0.29) is 17.2 Å². The Morgan fingerprint density at radius 2 is 2.22 bits per heavy atom. The second-order valence-corrected chi connectivity index (χ2v) is 7.33. The Morgan fingerprint density at radius 1 is 1.39 bits per heavy atom. The normalized spacial score (nSPS) is 22.1. The third-order valence-electron chi connectivity index (χ3n) is 5.20. The Labute approximate surface area is 139 Å². The number of amides is 1. The number of hydrogen-bond acceptors (Lipinski definition) is 5. The molecule has 0 bridgehead atoms. The molecule has 0 aromatic carbocycles. The van der Waals surface area contributed by atoms with Gasteiger partial charge in [-0.15, -0.1) is 0 Å². The van der Waals surface area contributed by atoms with Gasteiger partial charge in [0.2, 0.25) is 11.9 Å². The van der Waals surface area contributed by atoms with E-state index in [0.717, 1.165) is 31.9 Å². The van der Waals surface area contributed by atoms with Gasteiger partial charge in [-0.1, -0.05) is 6.42 Å². The number of hydrogen-bond donors (Lipinski definition) is 1. The molecule has 2 aliphatic rings. The summed E-state index contributed by atoms with van der Waals surface area (Å²) in [4.78, 5) is 23.6. The highest BCUT2D eigenvalue weighted by atomic mass is 32.1. The van der Waals surface area contributed by atoms with Crippen molar-refractivity contribution in [2.45, 2.75) is 25.8 Å². The number of aromatic nitrogens is 2. The summed E-state index contributed by atoms with van der Waals surface area (Å²) in [7, 11) is 0. The van der Waals surface area contributed by atoms with E-state index >= 15 is 0 Å². The molecule has 1 N–H and O–H groups in total. The van der Waals surface area contributed by atoms with E-state index in [1.165, 1.54) is 12.0 Å². The fourth-order valence-corrected chi connectivity index (χ4v) is 4.45. The monoisotopic (exact) mass is 328 g/mol. The van der Waals surface area contributed by atoms with Crippen LogP contribution in [0, 0.1) is 11.3 Å². The van der Waals surface area contributed by atoms with E-state index in [1.807, 2.05) is 11.4 Å². The van der Waals surface area contributed by atoms with E-state index in [2.05, 4.69) is 31.6 Å².